The van der Waals surface area contributed by atoms with Crippen LogP contribution in [-0.4, -0.2) is 22.6 Å². The molecule has 2 aromatic rings. The van der Waals surface area contributed by atoms with Gasteiger partial charge in [0.05, 0.1) is 0 Å². The van der Waals surface area contributed by atoms with E-state index in [0.29, 0.717) is 12.5 Å². The van der Waals surface area contributed by atoms with Crippen molar-refractivity contribution in [2.24, 2.45) is 11.7 Å². The molecule has 2 rings (SSSR count). The van der Waals surface area contributed by atoms with Gasteiger partial charge in [-0.05, 0) is 56.7 Å². The van der Waals surface area contributed by atoms with Crippen molar-refractivity contribution in [2.75, 3.05) is 0 Å². The van der Waals surface area contributed by atoms with Crippen LogP contribution in [0.2, 0.25) is 0 Å². The molecule has 0 fully saturated rings. The molecule has 0 bridgehead atoms. The van der Waals surface area contributed by atoms with Crippen LogP contribution in [0.5, 0.6) is 0 Å². The summed E-state index contributed by atoms with van der Waals surface area (Å²) in [7, 11) is 0. The average Bonchev–Trinajstić information content (AvgIpc) is 2.70. The van der Waals surface area contributed by atoms with Crippen molar-refractivity contribution in [2.45, 2.75) is 80.2 Å². The fraction of sp³-hybridized carbons (Fsp3) is 0.500. The van der Waals surface area contributed by atoms with Crippen LogP contribution in [-0.2, 0) is 40.4 Å². The summed E-state index contributed by atoms with van der Waals surface area (Å²) in [5.41, 5.74) is 11.5. The predicted octanol–water partition coefficient (Wildman–Crippen LogP) is 4.80. The number of hydrogen-bond acceptors (Lipinski definition) is 6. The lowest BCUT2D eigenvalue weighted by Gasteiger charge is -2.23. The number of benzene rings is 1. The summed E-state index contributed by atoms with van der Waals surface area (Å²) in [6.45, 7) is 13.8. The smallest absolute Gasteiger partial charge is 0.407 e. The molecular formula is C26H37N3O4. The molecule has 7 nitrogen and oxygen atoms in total. The maximum atomic E-state index is 12.4. The van der Waals surface area contributed by atoms with Crippen LogP contribution < -0.4 is 11.1 Å². The molecule has 1 amide bonds. The number of aromatic nitrogens is 1. The summed E-state index contributed by atoms with van der Waals surface area (Å²) in [6, 6.07) is 7.97. The van der Waals surface area contributed by atoms with Crippen molar-refractivity contribution in [3.63, 3.8) is 0 Å². The van der Waals surface area contributed by atoms with Gasteiger partial charge < -0.3 is 20.5 Å². The van der Waals surface area contributed by atoms with Gasteiger partial charge in [0.15, 0.2) is 0 Å². The van der Waals surface area contributed by atoms with Crippen molar-refractivity contribution >= 4 is 12.1 Å². The highest BCUT2D eigenvalue weighted by Gasteiger charge is 2.22. The van der Waals surface area contributed by atoms with E-state index in [4.69, 9.17) is 20.2 Å². The zero-order chi connectivity index (χ0) is 24.8. The summed E-state index contributed by atoms with van der Waals surface area (Å²) < 4.78 is 10.8. The van der Waals surface area contributed by atoms with Crippen LogP contribution in [0.4, 0.5) is 4.79 Å². The highest BCUT2D eigenvalue weighted by molar-refractivity contribution is 5.75. The Bertz CT molecular complexity index is 977. The van der Waals surface area contributed by atoms with Gasteiger partial charge >= 0.3 is 12.1 Å². The van der Waals surface area contributed by atoms with Crippen molar-refractivity contribution in [3.8, 4) is 11.1 Å². The van der Waals surface area contributed by atoms with E-state index >= 15 is 0 Å². The van der Waals surface area contributed by atoms with Crippen molar-refractivity contribution in [1.82, 2.24) is 10.3 Å². The first kappa shape index (κ1) is 26.3. The number of nitrogens with two attached hydrogens (primary N) is 1. The van der Waals surface area contributed by atoms with E-state index in [1.807, 2.05) is 52.0 Å². The number of nitrogens with zero attached hydrogens (tertiary/aromatic N) is 1. The summed E-state index contributed by atoms with van der Waals surface area (Å²) in [5, 5.41) is 2.88. The third-order valence-electron chi connectivity index (χ3n) is 5.00. The Kier molecular flexibility index (Phi) is 8.99. The Morgan fingerprint density at radius 3 is 2.27 bits per heavy atom. The molecular weight excluding hydrogens is 418 g/mol. The largest absolute Gasteiger partial charge is 0.461 e. The first-order valence-electron chi connectivity index (χ1n) is 11.3. The second kappa shape index (κ2) is 11.3. The third-order valence-corrected chi connectivity index (χ3v) is 5.00. The first-order chi connectivity index (χ1) is 15.4. The number of amides is 1. The second-order valence-electron chi connectivity index (χ2n) is 9.61. The van der Waals surface area contributed by atoms with Crippen molar-refractivity contribution < 1.29 is 19.1 Å². The monoisotopic (exact) mass is 455 g/mol. The van der Waals surface area contributed by atoms with Gasteiger partial charge in [-0.2, -0.15) is 0 Å². The minimum Gasteiger partial charge on any atom is -0.461 e. The molecule has 0 aliphatic carbocycles. The topological polar surface area (TPSA) is 104 Å². The number of hydrogen-bond donors (Lipinski definition) is 2. The molecule has 0 saturated heterocycles. The molecule has 0 saturated carbocycles. The molecule has 180 valence electrons. The van der Waals surface area contributed by atoms with Crippen LogP contribution in [0.25, 0.3) is 11.1 Å². The van der Waals surface area contributed by atoms with E-state index in [-0.39, 0.29) is 19.1 Å². The molecule has 33 heavy (non-hydrogen) atoms. The molecule has 1 aromatic carbocycles. The lowest BCUT2D eigenvalue weighted by Crippen LogP contribution is -2.32. The van der Waals surface area contributed by atoms with Crippen molar-refractivity contribution in [3.05, 3.63) is 52.3 Å². The average molecular weight is 456 g/mol. The summed E-state index contributed by atoms with van der Waals surface area (Å²) in [4.78, 5) is 28.9. The van der Waals surface area contributed by atoms with Gasteiger partial charge in [-0.25, -0.2) is 4.79 Å². The summed E-state index contributed by atoms with van der Waals surface area (Å²) in [6.07, 6.45) is 0.248. The zero-order valence-electron chi connectivity index (χ0n) is 20.9. The molecule has 0 atom stereocenters. The van der Waals surface area contributed by atoms with Crippen LogP contribution in [0.3, 0.4) is 0 Å². The number of pyridine rings is 1. The fourth-order valence-electron chi connectivity index (χ4n) is 3.57. The lowest BCUT2D eigenvalue weighted by atomic mass is 9.90. The van der Waals surface area contributed by atoms with Gasteiger partial charge in [0.1, 0.15) is 12.2 Å². The Hall–Kier alpha value is -2.93. The number of nitrogens with one attached hydrogen (secondary N) is 1. The molecule has 0 aliphatic rings. The van der Waals surface area contributed by atoms with Gasteiger partial charge in [0.25, 0.3) is 0 Å². The highest BCUT2D eigenvalue weighted by atomic mass is 16.6. The lowest BCUT2D eigenvalue weighted by molar-refractivity contribution is -0.142. The number of aryl methyl sites for hydroxylation is 1. The number of esters is 1. The van der Waals surface area contributed by atoms with E-state index in [1.165, 1.54) is 6.92 Å². The second-order valence-corrected chi connectivity index (χ2v) is 9.61. The Balaban J connectivity index is 2.64. The zero-order valence-corrected chi connectivity index (χ0v) is 20.9. The van der Waals surface area contributed by atoms with Gasteiger partial charge in [-0.15, -0.1) is 0 Å². The number of ether oxygens (including phenoxy) is 2. The highest BCUT2D eigenvalue weighted by Crippen LogP contribution is 2.33. The van der Waals surface area contributed by atoms with Crippen molar-refractivity contribution in [1.29, 1.82) is 0 Å². The van der Waals surface area contributed by atoms with E-state index in [2.05, 4.69) is 19.2 Å². The SMILES string of the molecule is CC(=O)OCc1c(C)nc(CC(C)C)c(CNC(=O)OC(C)(C)C)c1-c1ccc(CN)cc1. The van der Waals surface area contributed by atoms with E-state index in [1.54, 1.807) is 0 Å². The molecule has 1 heterocycles. The van der Waals surface area contributed by atoms with E-state index in [0.717, 1.165) is 45.6 Å². The predicted molar refractivity (Wildman–Crippen MR) is 129 cm³/mol. The van der Waals surface area contributed by atoms with Crippen LogP contribution >= 0.6 is 0 Å². The molecule has 1 aromatic heterocycles. The van der Waals surface area contributed by atoms with Crippen LogP contribution in [0.1, 0.15) is 69.6 Å². The Morgan fingerprint density at radius 1 is 1.12 bits per heavy atom. The van der Waals surface area contributed by atoms with Gasteiger partial charge in [-0.3, -0.25) is 9.78 Å². The quantitative estimate of drug-likeness (QED) is 0.554. The number of carbonyl (C=O) groups excluding carboxylic acids is 2. The summed E-state index contributed by atoms with van der Waals surface area (Å²) in [5.74, 6) is 0.00230. The normalized spacial score (nSPS) is 11.4. The number of rotatable bonds is 8. The number of carbonyl (C=O) groups is 2. The van der Waals surface area contributed by atoms with E-state index < -0.39 is 11.7 Å². The minimum absolute atomic E-state index is 0.101. The fourth-order valence-corrected chi connectivity index (χ4v) is 3.57. The van der Waals surface area contributed by atoms with Crippen LogP contribution in [0, 0.1) is 12.8 Å². The van der Waals surface area contributed by atoms with Gasteiger partial charge in [0, 0.05) is 42.5 Å². The Morgan fingerprint density at radius 2 is 1.76 bits per heavy atom. The number of alkyl carbamates (subject to hydrolysis) is 1. The molecule has 3 N–H and O–H groups in total. The molecule has 0 aliphatic heterocycles. The Labute approximate surface area is 197 Å². The standard InChI is InChI=1S/C26H37N3O4/c1-16(2)12-23-21(14-28-25(31)33-26(5,6)7)24(20-10-8-19(13-27)9-11-20)22(17(3)29-23)15-32-18(4)30/h8-11,16H,12-15,27H2,1-7H3,(H,28,31). The maximum Gasteiger partial charge on any atom is 0.407 e. The minimum atomic E-state index is -0.599. The molecule has 0 radical (unpaired) electrons. The third kappa shape index (κ3) is 7.86. The van der Waals surface area contributed by atoms with Gasteiger partial charge in [0.2, 0.25) is 0 Å². The first-order valence-corrected chi connectivity index (χ1v) is 11.3. The van der Waals surface area contributed by atoms with E-state index in [9.17, 15) is 9.59 Å². The molecule has 0 spiro atoms. The maximum absolute atomic E-state index is 12.4. The van der Waals surface area contributed by atoms with Gasteiger partial charge in [-0.1, -0.05) is 38.1 Å². The van der Waals surface area contributed by atoms with Crippen LogP contribution in [0.15, 0.2) is 24.3 Å². The molecule has 7 heteroatoms. The molecule has 0 unspecified atom stereocenters. The summed E-state index contributed by atoms with van der Waals surface area (Å²) >= 11 is 0.